The number of halogens is 2. The van der Waals surface area contributed by atoms with Gasteiger partial charge in [-0.05, 0) is 49.7 Å². The fraction of sp³-hybridized carbons (Fsp3) is 0.133. The summed E-state index contributed by atoms with van der Waals surface area (Å²) >= 11 is 9.20. The van der Waals surface area contributed by atoms with Crippen LogP contribution in [0.25, 0.3) is 0 Å². The summed E-state index contributed by atoms with van der Waals surface area (Å²) in [7, 11) is -4.13. The third kappa shape index (κ3) is 3.69. The van der Waals surface area contributed by atoms with E-state index in [0.29, 0.717) is 4.47 Å². The largest absolute Gasteiger partial charge is 0.378 e. The quantitative estimate of drug-likeness (QED) is 0.561. The lowest BCUT2D eigenvalue weighted by Crippen LogP contribution is -2.12. The van der Waals surface area contributed by atoms with Gasteiger partial charge < -0.3 is 4.18 Å². The molecule has 7 heteroatoms. The molecule has 22 heavy (non-hydrogen) atoms. The van der Waals surface area contributed by atoms with Crippen molar-refractivity contribution in [3.8, 4) is 5.75 Å². The van der Waals surface area contributed by atoms with Crippen LogP contribution in [0.1, 0.15) is 22.8 Å². The minimum absolute atomic E-state index is 0.0349. The van der Waals surface area contributed by atoms with E-state index >= 15 is 0 Å². The Kier molecular flexibility index (Phi) is 4.94. The van der Waals surface area contributed by atoms with Gasteiger partial charge in [-0.2, -0.15) is 8.42 Å². The van der Waals surface area contributed by atoms with Gasteiger partial charge in [0.25, 0.3) is 0 Å². The lowest BCUT2D eigenvalue weighted by Gasteiger charge is -2.11. The maximum atomic E-state index is 12.4. The number of aryl methyl sites for hydroxylation is 1. The highest BCUT2D eigenvalue weighted by Crippen LogP contribution is 2.29. The molecule has 0 N–H and O–H groups in total. The SMILES string of the molecule is CC(=O)c1cc(Br)ccc1OS(=O)(=O)c1ccc(C)cc1Cl. The van der Waals surface area contributed by atoms with Crippen LogP contribution in [0.15, 0.2) is 45.8 Å². The molecule has 0 atom stereocenters. The van der Waals surface area contributed by atoms with Gasteiger partial charge in [0, 0.05) is 4.47 Å². The zero-order valence-corrected chi connectivity index (χ0v) is 14.9. The molecule has 0 aromatic heterocycles. The molecular weight excluding hydrogens is 392 g/mol. The van der Waals surface area contributed by atoms with Crippen LogP contribution in [0.5, 0.6) is 5.75 Å². The van der Waals surface area contributed by atoms with Crippen LogP contribution in [-0.4, -0.2) is 14.2 Å². The fourth-order valence-electron chi connectivity index (χ4n) is 1.82. The van der Waals surface area contributed by atoms with Gasteiger partial charge >= 0.3 is 10.1 Å². The highest BCUT2D eigenvalue weighted by Gasteiger charge is 2.22. The second-order valence-corrected chi connectivity index (χ2v) is 7.51. The lowest BCUT2D eigenvalue weighted by molar-refractivity contribution is 0.101. The highest BCUT2D eigenvalue weighted by molar-refractivity contribution is 9.10. The summed E-state index contributed by atoms with van der Waals surface area (Å²) < 4.78 is 30.5. The maximum Gasteiger partial charge on any atom is 0.340 e. The minimum Gasteiger partial charge on any atom is -0.378 e. The molecule has 0 unspecified atom stereocenters. The Morgan fingerprint density at radius 1 is 1.18 bits per heavy atom. The number of rotatable bonds is 4. The van der Waals surface area contributed by atoms with Gasteiger partial charge in [-0.15, -0.1) is 0 Å². The van der Waals surface area contributed by atoms with E-state index in [9.17, 15) is 13.2 Å². The molecule has 0 bridgehead atoms. The molecule has 0 amide bonds. The Balaban J connectivity index is 2.47. The van der Waals surface area contributed by atoms with E-state index in [4.69, 9.17) is 15.8 Å². The Bertz CT molecular complexity index is 847. The van der Waals surface area contributed by atoms with Crippen LogP contribution in [0, 0.1) is 6.92 Å². The van der Waals surface area contributed by atoms with Gasteiger partial charge in [-0.1, -0.05) is 33.6 Å². The fourth-order valence-corrected chi connectivity index (χ4v) is 3.71. The summed E-state index contributed by atoms with van der Waals surface area (Å²) in [5, 5.41) is 0.0708. The molecule has 0 heterocycles. The van der Waals surface area contributed by atoms with Crippen LogP contribution >= 0.6 is 27.5 Å². The normalized spacial score (nSPS) is 11.3. The Morgan fingerprint density at radius 3 is 2.45 bits per heavy atom. The predicted octanol–water partition coefficient (Wildman–Crippen LogP) is 4.38. The zero-order valence-electron chi connectivity index (χ0n) is 11.8. The van der Waals surface area contributed by atoms with Crippen molar-refractivity contribution in [3.63, 3.8) is 0 Å². The monoisotopic (exact) mass is 402 g/mol. The molecule has 0 saturated carbocycles. The smallest absolute Gasteiger partial charge is 0.340 e. The van der Waals surface area contributed by atoms with Crippen molar-refractivity contribution < 1.29 is 17.4 Å². The van der Waals surface area contributed by atoms with Gasteiger partial charge in [-0.3, -0.25) is 4.79 Å². The zero-order chi connectivity index (χ0) is 16.5. The van der Waals surface area contributed by atoms with E-state index in [0.717, 1.165) is 5.56 Å². The summed E-state index contributed by atoms with van der Waals surface area (Å²) in [5.41, 5.74) is 0.998. The molecular formula is C15H12BrClO4S. The molecule has 0 radical (unpaired) electrons. The first kappa shape index (κ1) is 17.0. The molecule has 0 saturated heterocycles. The first-order valence-corrected chi connectivity index (χ1v) is 8.80. The summed E-state index contributed by atoms with van der Waals surface area (Å²) in [6, 6.07) is 9.04. The van der Waals surface area contributed by atoms with Gasteiger partial charge in [0.2, 0.25) is 0 Å². The Hall–Kier alpha value is -1.37. The molecule has 2 aromatic rings. The molecule has 0 aliphatic heterocycles. The third-order valence-electron chi connectivity index (χ3n) is 2.88. The van der Waals surface area contributed by atoms with Crippen molar-refractivity contribution in [1.82, 2.24) is 0 Å². The number of Topliss-reactive ketones (excluding diaryl/α,β-unsaturated/α-hetero) is 1. The second-order valence-electron chi connectivity index (χ2n) is 4.67. The minimum atomic E-state index is -4.13. The molecule has 116 valence electrons. The van der Waals surface area contributed by atoms with Crippen molar-refractivity contribution in [2.75, 3.05) is 0 Å². The van der Waals surface area contributed by atoms with E-state index in [1.54, 1.807) is 19.1 Å². The molecule has 2 aromatic carbocycles. The Labute approximate surface area is 142 Å². The molecule has 0 fully saturated rings. The highest BCUT2D eigenvalue weighted by atomic mass is 79.9. The van der Waals surface area contributed by atoms with Crippen LogP contribution in [0.3, 0.4) is 0 Å². The van der Waals surface area contributed by atoms with Crippen LogP contribution < -0.4 is 4.18 Å². The molecule has 0 aliphatic rings. The van der Waals surface area contributed by atoms with E-state index in [1.165, 1.54) is 31.2 Å². The molecule has 0 spiro atoms. The lowest BCUT2D eigenvalue weighted by atomic mass is 10.1. The van der Waals surface area contributed by atoms with E-state index in [1.807, 2.05) is 0 Å². The van der Waals surface area contributed by atoms with Gasteiger partial charge in [0.05, 0.1) is 10.6 Å². The molecule has 4 nitrogen and oxygen atoms in total. The molecule has 0 aliphatic carbocycles. The van der Waals surface area contributed by atoms with Crippen molar-refractivity contribution in [3.05, 3.63) is 57.0 Å². The second kappa shape index (κ2) is 6.40. The maximum absolute atomic E-state index is 12.4. The summed E-state index contributed by atoms with van der Waals surface area (Å²) in [6.07, 6.45) is 0. The van der Waals surface area contributed by atoms with Crippen molar-refractivity contribution >= 4 is 43.4 Å². The van der Waals surface area contributed by atoms with Crippen LogP contribution in [0.2, 0.25) is 5.02 Å². The van der Waals surface area contributed by atoms with Crippen molar-refractivity contribution in [2.45, 2.75) is 18.7 Å². The number of hydrogen-bond acceptors (Lipinski definition) is 4. The summed E-state index contributed by atoms with van der Waals surface area (Å²) in [4.78, 5) is 11.5. The topological polar surface area (TPSA) is 60.4 Å². The van der Waals surface area contributed by atoms with Gasteiger partial charge in [-0.25, -0.2) is 0 Å². The van der Waals surface area contributed by atoms with E-state index in [2.05, 4.69) is 15.9 Å². The molecule has 2 rings (SSSR count). The Morgan fingerprint density at radius 2 is 1.86 bits per heavy atom. The van der Waals surface area contributed by atoms with Crippen LogP contribution in [-0.2, 0) is 10.1 Å². The number of benzene rings is 2. The van der Waals surface area contributed by atoms with Crippen molar-refractivity contribution in [1.29, 1.82) is 0 Å². The average Bonchev–Trinajstić information content (AvgIpc) is 2.39. The third-order valence-corrected chi connectivity index (χ3v) is 5.09. The van der Waals surface area contributed by atoms with E-state index in [-0.39, 0.29) is 27.0 Å². The van der Waals surface area contributed by atoms with Gasteiger partial charge in [0.15, 0.2) is 11.5 Å². The van der Waals surface area contributed by atoms with Crippen molar-refractivity contribution in [2.24, 2.45) is 0 Å². The summed E-state index contributed by atoms with van der Waals surface area (Å²) in [6.45, 7) is 3.13. The summed E-state index contributed by atoms with van der Waals surface area (Å²) in [5.74, 6) is -0.339. The van der Waals surface area contributed by atoms with Crippen LogP contribution in [0.4, 0.5) is 0 Å². The first-order valence-electron chi connectivity index (χ1n) is 6.22. The average molecular weight is 404 g/mol. The number of ketones is 1. The number of carbonyl (C=O) groups is 1. The standard InChI is InChI=1S/C15H12BrClO4S/c1-9-3-6-15(13(17)7-9)22(19,20)21-14-5-4-11(16)8-12(14)10(2)18/h3-8H,1-2H3. The predicted molar refractivity (Wildman–Crippen MR) is 88.1 cm³/mol. The number of carbonyl (C=O) groups excluding carboxylic acids is 1. The number of hydrogen-bond donors (Lipinski definition) is 0. The van der Waals surface area contributed by atoms with Gasteiger partial charge in [0.1, 0.15) is 4.90 Å². The van der Waals surface area contributed by atoms with E-state index < -0.39 is 10.1 Å². The first-order chi connectivity index (χ1) is 10.2.